The molecule has 1 saturated carbocycles. The molecule has 3 aromatic carbocycles. The van der Waals surface area contributed by atoms with Crippen LogP contribution in [0.4, 0.5) is 11.5 Å². The highest BCUT2D eigenvalue weighted by atomic mass is 16.5. The summed E-state index contributed by atoms with van der Waals surface area (Å²) >= 11 is 0. The van der Waals surface area contributed by atoms with E-state index in [0.717, 1.165) is 34.1 Å². The first kappa shape index (κ1) is 20.4. The van der Waals surface area contributed by atoms with Gasteiger partial charge in [-0.2, -0.15) is 0 Å². The predicted octanol–water partition coefficient (Wildman–Crippen LogP) is 7.40. The zero-order chi connectivity index (χ0) is 22.9. The smallest absolute Gasteiger partial charge is 0.190 e. The molecular formula is C29H24N4O. The minimum absolute atomic E-state index is 0.640. The molecule has 0 spiro atoms. The molecule has 2 aromatic heterocycles. The molecule has 5 heteroatoms. The number of nitrogens with zero attached hydrogens (tertiary/aromatic N) is 3. The van der Waals surface area contributed by atoms with E-state index in [1.54, 1.807) is 12.4 Å². The Hall–Kier alpha value is -4.25. The van der Waals surface area contributed by atoms with Gasteiger partial charge < -0.3 is 9.84 Å². The van der Waals surface area contributed by atoms with Crippen molar-refractivity contribution >= 4 is 11.5 Å². The largest absolute Gasteiger partial charge is 0.354 e. The normalized spacial score (nSPS) is 13.1. The molecule has 1 aliphatic carbocycles. The van der Waals surface area contributed by atoms with Crippen molar-refractivity contribution in [2.75, 3.05) is 5.32 Å². The van der Waals surface area contributed by atoms with E-state index in [-0.39, 0.29) is 0 Å². The fourth-order valence-electron chi connectivity index (χ4n) is 4.19. The van der Waals surface area contributed by atoms with Crippen LogP contribution < -0.4 is 5.32 Å². The van der Waals surface area contributed by atoms with E-state index in [9.17, 15) is 0 Å². The second kappa shape index (κ2) is 8.60. The average Bonchev–Trinajstić information content (AvgIpc) is 3.69. The number of nitrogens with one attached hydrogen (secondary N) is 1. The topological polar surface area (TPSA) is 63.8 Å². The summed E-state index contributed by atoms with van der Waals surface area (Å²) < 4.78 is 5.70. The van der Waals surface area contributed by atoms with Crippen LogP contribution in [0.25, 0.3) is 33.7 Å². The summed E-state index contributed by atoms with van der Waals surface area (Å²) in [5.74, 6) is 2.09. The molecule has 0 amide bonds. The summed E-state index contributed by atoms with van der Waals surface area (Å²) in [5.41, 5.74) is 8.18. The maximum Gasteiger partial charge on any atom is 0.190 e. The van der Waals surface area contributed by atoms with Gasteiger partial charge in [0, 0.05) is 11.1 Å². The minimum Gasteiger partial charge on any atom is -0.354 e. The Morgan fingerprint density at radius 1 is 0.765 bits per heavy atom. The Balaban J connectivity index is 1.26. The Labute approximate surface area is 198 Å². The van der Waals surface area contributed by atoms with E-state index in [2.05, 4.69) is 64.0 Å². The molecule has 34 heavy (non-hydrogen) atoms. The third-order valence-electron chi connectivity index (χ3n) is 6.26. The first-order chi connectivity index (χ1) is 16.7. The Morgan fingerprint density at radius 2 is 1.44 bits per heavy atom. The van der Waals surface area contributed by atoms with E-state index in [1.165, 1.54) is 29.5 Å². The first-order valence-corrected chi connectivity index (χ1v) is 11.6. The number of benzene rings is 3. The second-order valence-electron chi connectivity index (χ2n) is 8.73. The van der Waals surface area contributed by atoms with Gasteiger partial charge in [0.05, 0.1) is 18.1 Å². The van der Waals surface area contributed by atoms with Crippen LogP contribution in [-0.2, 0) is 0 Å². The van der Waals surface area contributed by atoms with Crippen LogP contribution in [0.2, 0.25) is 0 Å². The van der Waals surface area contributed by atoms with Gasteiger partial charge in [0.1, 0.15) is 17.2 Å². The van der Waals surface area contributed by atoms with Crippen LogP contribution in [0.1, 0.15) is 30.0 Å². The number of aryl methyl sites for hydroxylation is 1. The number of anilines is 2. The number of rotatable bonds is 6. The maximum atomic E-state index is 5.70. The van der Waals surface area contributed by atoms with Crippen LogP contribution >= 0.6 is 0 Å². The first-order valence-electron chi connectivity index (χ1n) is 11.6. The van der Waals surface area contributed by atoms with Crippen LogP contribution in [-0.4, -0.2) is 15.1 Å². The van der Waals surface area contributed by atoms with Gasteiger partial charge in [0.25, 0.3) is 0 Å². The SMILES string of the molecule is Cc1noc(-c2ccc(-c3ccc(C4CC4)cc3)cc2)c1Nc1cncc(-c2ccccc2)n1. The fourth-order valence-corrected chi connectivity index (χ4v) is 4.19. The zero-order valence-electron chi connectivity index (χ0n) is 18.9. The van der Waals surface area contributed by atoms with Gasteiger partial charge in [-0.15, -0.1) is 0 Å². The van der Waals surface area contributed by atoms with Gasteiger partial charge in [0.15, 0.2) is 5.76 Å². The van der Waals surface area contributed by atoms with Gasteiger partial charge in [-0.05, 0) is 42.4 Å². The monoisotopic (exact) mass is 444 g/mol. The molecule has 0 atom stereocenters. The van der Waals surface area contributed by atoms with Gasteiger partial charge in [0.2, 0.25) is 0 Å². The van der Waals surface area contributed by atoms with Gasteiger partial charge in [-0.25, -0.2) is 4.98 Å². The molecule has 0 unspecified atom stereocenters. The molecule has 0 radical (unpaired) electrons. The number of hydrogen-bond acceptors (Lipinski definition) is 5. The van der Waals surface area contributed by atoms with Crippen molar-refractivity contribution in [3.8, 4) is 33.7 Å². The lowest BCUT2D eigenvalue weighted by atomic mass is 10.0. The summed E-state index contributed by atoms with van der Waals surface area (Å²) in [6.45, 7) is 1.92. The van der Waals surface area contributed by atoms with E-state index in [4.69, 9.17) is 9.51 Å². The molecule has 1 fully saturated rings. The molecule has 1 aliphatic rings. The quantitative estimate of drug-likeness (QED) is 0.296. The van der Waals surface area contributed by atoms with Crippen LogP contribution in [0.3, 0.4) is 0 Å². The van der Waals surface area contributed by atoms with Crippen molar-refractivity contribution in [3.63, 3.8) is 0 Å². The maximum absolute atomic E-state index is 5.70. The van der Waals surface area contributed by atoms with Gasteiger partial charge in [-0.1, -0.05) is 84.0 Å². The summed E-state index contributed by atoms with van der Waals surface area (Å²) in [5, 5.41) is 7.57. The standard InChI is InChI=1S/C29H24N4O/c1-19-28(32-27-18-30-17-26(31-27)24-5-3-2-4-6-24)29(34-33-19)25-15-13-23(14-16-25)22-11-9-21(10-12-22)20-7-8-20/h2-6,9-18,20H,7-8H2,1H3,(H,31,32). The van der Waals surface area contributed by atoms with Crippen molar-refractivity contribution in [2.45, 2.75) is 25.7 Å². The highest BCUT2D eigenvalue weighted by molar-refractivity contribution is 5.79. The van der Waals surface area contributed by atoms with Gasteiger partial charge >= 0.3 is 0 Å². The number of hydrogen-bond donors (Lipinski definition) is 1. The van der Waals surface area contributed by atoms with Crippen LogP contribution in [0.15, 0.2) is 95.8 Å². The van der Waals surface area contributed by atoms with Crippen molar-refractivity contribution in [1.29, 1.82) is 0 Å². The summed E-state index contributed by atoms with van der Waals surface area (Å²) in [4.78, 5) is 9.09. The zero-order valence-corrected chi connectivity index (χ0v) is 18.9. The van der Waals surface area contributed by atoms with Crippen molar-refractivity contribution in [2.24, 2.45) is 0 Å². The van der Waals surface area contributed by atoms with Crippen LogP contribution in [0, 0.1) is 6.92 Å². The van der Waals surface area contributed by atoms with E-state index >= 15 is 0 Å². The van der Waals surface area contributed by atoms with E-state index in [1.807, 2.05) is 37.3 Å². The van der Waals surface area contributed by atoms with Crippen LogP contribution in [0.5, 0.6) is 0 Å². The predicted molar refractivity (Wildman–Crippen MR) is 135 cm³/mol. The third kappa shape index (κ3) is 4.08. The summed E-state index contributed by atoms with van der Waals surface area (Å²) in [7, 11) is 0. The molecule has 0 saturated heterocycles. The number of aromatic nitrogens is 3. The lowest BCUT2D eigenvalue weighted by molar-refractivity contribution is 0.427. The molecule has 166 valence electrons. The minimum atomic E-state index is 0.640. The highest BCUT2D eigenvalue weighted by Gasteiger charge is 2.23. The molecule has 5 aromatic rings. The van der Waals surface area contributed by atoms with E-state index < -0.39 is 0 Å². The average molecular weight is 445 g/mol. The summed E-state index contributed by atoms with van der Waals surface area (Å²) in [6, 6.07) is 27.3. The second-order valence-corrected chi connectivity index (χ2v) is 8.73. The van der Waals surface area contributed by atoms with Crippen molar-refractivity contribution < 1.29 is 4.52 Å². The molecule has 0 aliphatic heterocycles. The Morgan fingerprint density at radius 3 is 2.15 bits per heavy atom. The van der Waals surface area contributed by atoms with Gasteiger partial charge in [-0.3, -0.25) is 4.98 Å². The fraction of sp³-hybridized carbons (Fsp3) is 0.138. The lowest BCUT2D eigenvalue weighted by Crippen LogP contribution is -1.98. The molecule has 1 N–H and O–H groups in total. The Bertz CT molecular complexity index is 1420. The molecule has 0 bridgehead atoms. The highest BCUT2D eigenvalue weighted by Crippen LogP contribution is 2.40. The molecule has 2 heterocycles. The molecular weight excluding hydrogens is 420 g/mol. The third-order valence-corrected chi connectivity index (χ3v) is 6.26. The van der Waals surface area contributed by atoms with Crippen molar-refractivity contribution in [3.05, 3.63) is 103 Å². The summed E-state index contributed by atoms with van der Waals surface area (Å²) in [6.07, 6.45) is 6.11. The molecule has 5 nitrogen and oxygen atoms in total. The molecule has 6 rings (SSSR count). The Kier molecular flexibility index (Phi) is 5.15. The van der Waals surface area contributed by atoms with E-state index in [0.29, 0.717) is 11.6 Å². The van der Waals surface area contributed by atoms with Crippen molar-refractivity contribution in [1.82, 2.24) is 15.1 Å². The lowest BCUT2D eigenvalue weighted by Gasteiger charge is -2.09.